The lowest BCUT2D eigenvalue weighted by molar-refractivity contribution is -0.137. The number of aromatic nitrogens is 1. The Bertz CT molecular complexity index is 1300. The maximum atomic E-state index is 13.0. The lowest BCUT2D eigenvalue weighted by Gasteiger charge is -2.36. The van der Waals surface area contributed by atoms with Gasteiger partial charge >= 0.3 is 6.18 Å². The number of ether oxygens (including phenoxy) is 1. The molecule has 35 heavy (non-hydrogen) atoms. The number of nitrogens with one attached hydrogen (secondary N) is 1. The van der Waals surface area contributed by atoms with E-state index in [1.807, 2.05) is 0 Å². The molecule has 1 N–H and O–H groups in total. The summed E-state index contributed by atoms with van der Waals surface area (Å²) in [4.78, 5) is 20.3. The molecule has 0 bridgehead atoms. The van der Waals surface area contributed by atoms with Gasteiger partial charge in [0.25, 0.3) is 15.9 Å². The quantitative estimate of drug-likeness (QED) is 0.523. The maximum Gasteiger partial charge on any atom is 0.416 e. The first-order chi connectivity index (χ1) is 16.6. The predicted octanol–water partition coefficient (Wildman–Crippen LogP) is 3.93. The number of nitrogens with zero attached hydrogens (tertiary/aromatic N) is 3. The molecule has 13 heteroatoms. The van der Waals surface area contributed by atoms with E-state index in [0.717, 1.165) is 23.5 Å². The molecule has 4 rings (SSSR count). The van der Waals surface area contributed by atoms with Gasteiger partial charge in [0.2, 0.25) is 0 Å². The number of hydrogen-bond donors (Lipinski definition) is 1. The number of alkyl halides is 3. The molecule has 1 fully saturated rings. The van der Waals surface area contributed by atoms with Crippen molar-refractivity contribution in [3.05, 3.63) is 65.2 Å². The van der Waals surface area contributed by atoms with Crippen LogP contribution in [0.4, 0.5) is 24.0 Å². The van der Waals surface area contributed by atoms with Crippen LogP contribution >= 0.6 is 11.3 Å². The van der Waals surface area contributed by atoms with Crippen molar-refractivity contribution in [2.24, 2.45) is 0 Å². The molecule has 1 saturated heterocycles. The molecule has 1 aliphatic rings. The number of carbonyl (C=O) groups is 1. The number of amides is 1. The normalized spacial score (nSPS) is 14.6. The molecular weight excluding hydrogens is 505 g/mol. The fourth-order valence-corrected chi connectivity index (χ4v) is 5.49. The van der Waals surface area contributed by atoms with E-state index in [9.17, 15) is 26.4 Å². The zero-order chi connectivity index (χ0) is 25.2. The molecule has 8 nitrogen and oxygen atoms in total. The Balaban J connectivity index is 1.38. The van der Waals surface area contributed by atoms with Gasteiger partial charge in [-0.15, -0.1) is 11.3 Å². The Kier molecular flexibility index (Phi) is 6.90. The van der Waals surface area contributed by atoms with Crippen LogP contribution in [0.3, 0.4) is 0 Å². The summed E-state index contributed by atoms with van der Waals surface area (Å²) in [7, 11) is -2.42. The van der Waals surface area contributed by atoms with E-state index in [2.05, 4.69) is 9.71 Å². The summed E-state index contributed by atoms with van der Waals surface area (Å²) in [6.07, 6.45) is -4.43. The Morgan fingerprint density at radius 2 is 1.77 bits per heavy atom. The number of piperazine rings is 1. The number of thiazole rings is 1. The molecule has 186 valence electrons. The second-order valence-corrected chi connectivity index (χ2v) is 10.2. The third kappa shape index (κ3) is 5.68. The minimum absolute atomic E-state index is 0.0205. The number of hydrogen-bond acceptors (Lipinski definition) is 7. The van der Waals surface area contributed by atoms with Crippen LogP contribution in [0.15, 0.2) is 58.8 Å². The van der Waals surface area contributed by atoms with Crippen molar-refractivity contribution in [2.45, 2.75) is 11.1 Å². The molecule has 2 heterocycles. The topological polar surface area (TPSA) is 91.8 Å². The predicted molar refractivity (Wildman–Crippen MR) is 125 cm³/mol. The first-order valence-electron chi connectivity index (χ1n) is 10.4. The van der Waals surface area contributed by atoms with Crippen molar-refractivity contribution in [2.75, 3.05) is 42.9 Å². The van der Waals surface area contributed by atoms with Crippen molar-refractivity contribution < 1.29 is 31.1 Å². The summed E-state index contributed by atoms with van der Waals surface area (Å²) in [6.45, 7) is 1.29. The number of carbonyl (C=O) groups excluding carboxylic acids is 1. The average Bonchev–Trinajstić information content (AvgIpc) is 3.31. The van der Waals surface area contributed by atoms with Crippen molar-refractivity contribution in [3.8, 4) is 5.75 Å². The van der Waals surface area contributed by atoms with E-state index in [-0.39, 0.29) is 21.6 Å². The van der Waals surface area contributed by atoms with Crippen LogP contribution in [0.1, 0.15) is 16.1 Å². The summed E-state index contributed by atoms with van der Waals surface area (Å²) in [5.41, 5.74) is -0.189. The van der Waals surface area contributed by atoms with Crippen LogP contribution in [0.5, 0.6) is 5.75 Å². The summed E-state index contributed by atoms with van der Waals surface area (Å²) < 4.78 is 71.5. The van der Waals surface area contributed by atoms with E-state index in [1.165, 1.54) is 42.8 Å². The minimum atomic E-state index is -4.43. The third-order valence-corrected chi connectivity index (χ3v) is 7.66. The third-order valence-electron chi connectivity index (χ3n) is 5.42. The summed E-state index contributed by atoms with van der Waals surface area (Å²) in [6, 6.07) is 10.9. The molecular formula is C22H21F3N4O4S2. The van der Waals surface area contributed by atoms with Gasteiger partial charge in [-0.1, -0.05) is 6.07 Å². The molecule has 2 aromatic carbocycles. The van der Waals surface area contributed by atoms with E-state index >= 15 is 0 Å². The fourth-order valence-electron chi connectivity index (χ4n) is 3.56. The Hall–Kier alpha value is -3.32. The molecule has 1 aromatic heterocycles. The zero-order valence-corrected chi connectivity index (χ0v) is 20.1. The smallest absolute Gasteiger partial charge is 0.416 e. The van der Waals surface area contributed by atoms with Gasteiger partial charge in [-0.2, -0.15) is 13.2 Å². The van der Waals surface area contributed by atoms with E-state index in [1.54, 1.807) is 15.9 Å². The van der Waals surface area contributed by atoms with Crippen molar-refractivity contribution in [1.82, 2.24) is 9.88 Å². The molecule has 1 amide bonds. The molecule has 0 spiro atoms. The maximum absolute atomic E-state index is 13.0. The molecule has 0 unspecified atom stereocenters. The zero-order valence-electron chi connectivity index (χ0n) is 18.4. The highest BCUT2D eigenvalue weighted by atomic mass is 32.2. The van der Waals surface area contributed by atoms with Crippen molar-refractivity contribution >= 4 is 38.1 Å². The number of benzene rings is 2. The van der Waals surface area contributed by atoms with Crippen molar-refractivity contribution in [3.63, 3.8) is 0 Å². The lowest BCUT2D eigenvalue weighted by Crippen LogP contribution is -2.48. The first kappa shape index (κ1) is 24.8. The summed E-state index contributed by atoms with van der Waals surface area (Å²) in [5.74, 6) is 0.138. The van der Waals surface area contributed by atoms with Crippen LogP contribution < -0.4 is 14.4 Å². The highest BCUT2D eigenvalue weighted by Gasteiger charge is 2.31. The van der Waals surface area contributed by atoms with E-state index < -0.39 is 21.8 Å². The van der Waals surface area contributed by atoms with Crippen LogP contribution in [0.25, 0.3) is 0 Å². The highest BCUT2D eigenvalue weighted by Crippen LogP contribution is 2.32. The second kappa shape index (κ2) is 9.74. The van der Waals surface area contributed by atoms with E-state index in [0.29, 0.717) is 37.6 Å². The van der Waals surface area contributed by atoms with Gasteiger partial charge < -0.3 is 14.5 Å². The number of rotatable bonds is 6. The molecule has 1 aliphatic heterocycles. The first-order valence-corrected chi connectivity index (χ1v) is 12.8. The van der Waals surface area contributed by atoms with Gasteiger partial charge in [-0.25, -0.2) is 13.4 Å². The number of halogens is 3. The highest BCUT2D eigenvalue weighted by molar-refractivity contribution is 7.93. The van der Waals surface area contributed by atoms with E-state index in [4.69, 9.17) is 4.74 Å². The van der Waals surface area contributed by atoms with Crippen LogP contribution in [-0.2, 0) is 16.2 Å². The lowest BCUT2D eigenvalue weighted by atomic mass is 10.1. The number of sulfonamides is 1. The van der Waals surface area contributed by atoms with Gasteiger partial charge in [-0.05, 0) is 42.5 Å². The van der Waals surface area contributed by atoms with Gasteiger partial charge in [0, 0.05) is 37.2 Å². The molecule has 3 aromatic rings. The fraction of sp³-hybridized carbons (Fsp3) is 0.273. The van der Waals surface area contributed by atoms with Crippen LogP contribution in [0, 0.1) is 0 Å². The Morgan fingerprint density at radius 1 is 1.09 bits per heavy atom. The average molecular weight is 527 g/mol. The Morgan fingerprint density at radius 3 is 2.40 bits per heavy atom. The van der Waals surface area contributed by atoms with Gasteiger partial charge in [0.1, 0.15) is 11.4 Å². The van der Waals surface area contributed by atoms with Crippen LogP contribution in [-0.4, -0.2) is 57.5 Å². The second-order valence-electron chi connectivity index (χ2n) is 7.65. The molecule has 0 atom stereocenters. The standard InChI is InChI=1S/C22H21F3N4O4S2/c1-33-17-5-7-18(8-6-17)35(31,32)27-21-26-19(14-34-21)20(30)29-11-9-28(10-12-29)16-4-2-3-15(13-16)22(23,24)25/h2-8,13-14H,9-12H2,1H3,(H,26,27). The number of methoxy groups -OCH3 is 1. The molecule has 0 saturated carbocycles. The molecule has 0 radical (unpaired) electrons. The number of anilines is 2. The van der Waals surface area contributed by atoms with Crippen molar-refractivity contribution in [1.29, 1.82) is 0 Å². The molecule has 0 aliphatic carbocycles. The van der Waals surface area contributed by atoms with Gasteiger partial charge in [0.05, 0.1) is 17.6 Å². The SMILES string of the molecule is COc1ccc(S(=O)(=O)Nc2nc(C(=O)N3CCN(c4cccc(C(F)(F)F)c4)CC3)cs2)cc1. The van der Waals surface area contributed by atoms with Crippen LogP contribution in [0.2, 0.25) is 0 Å². The largest absolute Gasteiger partial charge is 0.497 e. The summed E-state index contributed by atoms with van der Waals surface area (Å²) in [5, 5.41) is 1.51. The summed E-state index contributed by atoms with van der Waals surface area (Å²) >= 11 is 0.982. The van der Waals surface area contributed by atoms with Gasteiger partial charge in [-0.3, -0.25) is 9.52 Å². The Labute approximate surface area is 204 Å². The van der Waals surface area contributed by atoms with Gasteiger partial charge in [0.15, 0.2) is 5.13 Å². The minimum Gasteiger partial charge on any atom is -0.497 e. The monoisotopic (exact) mass is 526 g/mol.